The van der Waals surface area contributed by atoms with Gasteiger partial charge in [-0.05, 0) is 98.2 Å². The van der Waals surface area contributed by atoms with Crippen molar-refractivity contribution in [3.05, 3.63) is 11.8 Å². The second-order valence-corrected chi connectivity index (χ2v) is 11.6. The topological polar surface area (TPSA) is 88.5 Å². The van der Waals surface area contributed by atoms with Crippen LogP contribution < -0.4 is 5.73 Å². The standard InChI is InChI=1S/C27H41N3O2/c1-26-10-8-18(17-32-3)12-20(26)4-5-21-22-6-7-24(27(22,2)11-9-23(21)26)25(31)16-30-15-19(13-28)14-29/h13,15,18,20-24H,4-12,16-17,28H2,1-3H3. The van der Waals surface area contributed by atoms with Crippen molar-refractivity contribution < 1.29 is 9.53 Å². The number of rotatable bonds is 6. The molecule has 4 saturated carbocycles. The van der Waals surface area contributed by atoms with Crippen molar-refractivity contribution in [2.75, 3.05) is 20.3 Å². The average molecular weight is 440 g/mol. The fourth-order valence-electron chi connectivity index (χ4n) is 8.72. The van der Waals surface area contributed by atoms with Crippen molar-refractivity contribution in [3.8, 4) is 6.07 Å². The monoisotopic (exact) mass is 439 g/mol. The van der Waals surface area contributed by atoms with E-state index in [2.05, 4.69) is 18.8 Å². The molecule has 0 saturated heterocycles. The molecular formula is C27H41N3O2. The van der Waals surface area contributed by atoms with E-state index in [1.807, 2.05) is 13.2 Å². The first-order chi connectivity index (χ1) is 15.4. The summed E-state index contributed by atoms with van der Waals surface area (Å²) in [5.74, 6) is 4.23. The molecule has 0 aliphatic heterocycles. The van der Waals surface area contributed by atoms with Gasteiger partial charge in [0.1, 0.15) is 6.07 Å². The SMILES string of the molecule is COCC1CCC2(C)C(CCC3C2CCC2(C)C(C(=O)CN=CC(C#N)=CN)CCC32)C1. The van der Waals surface area contributed by atoms with Crippen LogP contribution in [0, 0.1) is 57.7 Å². The molecule has 4 aliphatic carbocycles. The number of ether oxygens (including phenoxy) is 1. The minimum absolute atomic E-state index is 0.112. The van der Waals surface area contributed by atoms with Crippen LogP contribution in [-0.4, -0.2) is 32.3 Å². The van der Waals surface area contributed by atoms with Gasteiger partial charge in [0.25, 0.3) is 0 Å². The first kappa shape index (κ1) is 23.5. The van der Waals surface area contributed by atoms with Crippen LogP contribution in [0.5, 0.6) is 0 Å². The van der Waals surface area contributed by atoms with Crippen molar-refractivity contribution in [2.24, 2.45) is 57.1 Å². The third-order valence-electron chi connectivity index (χ3n) is 10.4. The summed E-state index contributed by atoms with van der Waals surface area (Å²) in [5.41, 5.74) is 6.30. The summed E-state index contributed by atoms with van der Waals surface area (Å²) in [7, 11) is 1.84. The zero-order valence-electron chi connectivity index (χ0n) is 20.2. The molecule has 0 aromatic rings. The quantitative estimate of drug-likeness (QED) is 0.470. The number of Topliss-reactive ketones (excluding diaryl/α,β-unsaturated/α-hetero) is 1. The van der Waals surface area contributed by atoms with Gasteiger partial charge >= 0.3 is 0 Å². The number of nitrogens with two attached hydrogens (primary N) is 1. The summed E-state index contributed by atoms with van der Waals surface area (Å²) in [6.07, 6.45) is 14.0. The lowest BCUT2D eigenvalue weighted by Gasteiger charge is -2.61. The number of aliphatic imine (C=N–C) groups is 1. The predicted octanol–water partition coefficient (Wildman–Crippen LogP) is 4.91. The number of ketones is 1. The van der Waals surface area contributed by atoms with E-state index in [9.17, 15) is 4.79 Å². The largest absolute Gasteiger partial charge is 0.403 e. The first-order valence-electron chi connectivity index (χ1n) is 12.7. The van der Waals surface area contributed by atoms with Crippen LogP contribution in [0.15, 0.2) is 16.8 Å². The highest BCUT2D eigenvalue weighted by Gasteiger charge is 2.61. The Morgan fingerprint density at radius 2 is 1.88 bits per heavy atom. The van der Waals surface area contributed by atoms with Crippen LogP contribution in [0.3, 0.4) is 0 Å². The van der Waals surface area contributed by atoms with Gasteiger partial charge in [0.15, 0.2) is 5.78 Å². The number of nitriles is 1. The van der Waals surface area contributed by atoms with Gasteiger partial charge in [-0.2, -0.15) is 5.26 Å². The lowest BCUT2D eigenvalue weighted by atomic mass is 9.44. The number of carbonyl (C=O) groups excluding carboxylic acids is 1. The fourth-order valence-corrected chi connectivity index (χ4v) is 8.72. The van der Waals surface area contributed by atoms with E-state index in [1.165, 1.54) is 63.8 Å². The summed E-state index contributed by atoms with van der Waals surface area (Å²) in [4.78, 5) is 17.4. The minimum Gasteiger partial charge on any atom is -0.403 e. The zero-order valence-corrected chi connectivity index (χ0v) is 20.2. The van der Waals surface area contributed by atoms with Crippen molar-refractivity contribution in [3.63, 3.8) is 0 Å². The molecule has 0 heterocycles. The Balaban J connectivity index is 1.45. The number of hydrogen-bond acceptors (Lipinski definition) is 5. The molecule has 0 bridgehead atoms. The van der Waals surface area contributed by atoms with Crippen LogP contribution in [0.1, 0.15) is 71.6 Å². The maximum Gasteiger partial charge on any atom is 0.157 e. The maximum absolute atomic E-state index is 13.2. The Morgan fingerprint density at radius 3 is 2.59 bits per heavy atom. The van der Waals surface area contributed by atoms with Crippen LogP contribution in [0.25, 0.3) is 0 Å². The molecule has 4 fully saturated rings. The van der Waals surface area contributed by atoms with Crippen molar-refractivity contribution in [1.29, 1.82) is 5.26 Å². The Morgan fingerprint density at radius 1 is 1.12 bits per heavy atom. The van der Waals surface area contributed by atoms with E-state index in [0.29, 0.717) is 16.9 Å². The molecule has 4 aliphatic rings. The van der Waals surface area contributed by atoms with E-state index in [-0.39, 0.29) is 23.7 Å². The van der Waals surface area contributed by atoms with Crippen LogP contribution >= 0.6 is 0 Å². The third-order valence-corrected chi connectivity index (χ3v) is 10.4. The summed E-state index contributed by atoms with van der Waals surface area (Å²) in [5, 5.41) is 8.97. The average Bonchev–Trinajstić information content (AvgIpc) is 3.14. The number of nitrogens with zero attached hydrogens (tertiary/aromatic N) is 2. The second kappa shape index (κ2) is 9.29. The molecule has 8 unspecified atom stereocenters. The molecule has 2 N–H and O–H groups in total. The Bertz CT molecular complexity index is 814. The Hall–Kier alpha value is -1.67. The summed E-state index contributed by atoms with van der Waals surface area (Å²) in [6.45, 7) is 6.09. The molecule has 5 nitrogen and oxygen atoms in total. The minimum atomic E-state index is 0.112. The van der Waals surface area contributed by atoms with Crippen molar-refractivity contribution in [2.45, 2.75) is 71.6 Å². The van der Waals surface area contributed by atoms with Gasteiger partial charge in [-0.25, -0.2) is 0 Å². The highest BCUT2D eigenvalue weighted by molar-refractivity contribution is 5.88. The van der Waals surface area contributed by atoms with E-state index >= 15 is 0 Å². The first-order valence-corrected chi connectivity index (χ1v) is 12.7. The lowest BCUT2D eigenvalue weighted by molar-refractivity contribution is -0.136. The van der Waals surface area contributed by atoms with Crippen LogP contribution in [0.4, 0.5) is 0 Å². The molecule has 0 spiro atoms. The molecule has 0 amide bonds. The van der Waals surface area contributed by atoms with Gasteiger partial charge in [0.05, 0.1) is 12.1 Å². The van der Waals surface area contributed by atoms with Gasteiger partial charge in [-0.1, -0.05) is 13.8 Å². The molecule has 0 aromatic carbocycles. The van der Waals surface area contributed by atoms with Gasteiger partial charge in [-0.15, -0.1) is 0 Å². The van der Waals surface area contributed by atoms with E-state index in [1.54, 1.807) is 0 Å². The van der Waals surface area contributed by atoms with E-state index < -0.39 is 0 Å². The summed E-state index contributed by atoms with van der Waals surface area (Å²) >= 11 is 0. The van der Waals surface area contributed by atoms with E-state index in [0.717, 1.165) is 36.7 Å². The molecule has 8 atom stereocenters. The maximum atomic E-state index is 13.2. The summed E-state index contributed by atoms with van der Waals surface area (Å²) in [6, 6.07) is 1.98. The molecule has 176 valence electrons. The Labute approximate surface area is 193 Å². The highest BCUT2D eigenvalue weighted by atomic mass is 16.5. The highest BCUT2D eigenvalue weighted by Crippen LogP contribution is 2.67. The van der Waals surface area contributed by atoms with Gasteiger partial charge in [-0.3, -0.25) is 9.79 Å². The Kier molecular flexibility index (Phi) is 6.82. The molecule has 5 heteroatoms. The zero-order chi connectivity index (χ0) is 22.9. The van der Waals surface area contributed by atoms with Crippen LogP contribution in [0.2, 0.25) is 0 Å². The van der Waals surface area contributed by atoms with Crippen molar-refractivity contribution in [1.82, 2.24) is 0 Å². The molecule has 0 radical (unpaired) electrons. The van der Waals surface area contributed by atoms with Crippen molar-refractivity contribution >= 4 is 12.0 Å². The number of fused-ring (bicyclic) bond motifs is 5. The second-order valence-electron chi connectivity index (χ2n) is 11.6. The van der Waals surface area contributed by atoms with Gasteiger partial charge < -0.3 is 10.5 Å². The number of hydrogen-bond donors (Lipinski definition) is 1. The fraction of sp³-hybridized carbons (Fsp3) is 0.815. The van der Waals surface area contributed by atoms with E-state index in [4.69, 9.17) is 15.7 Å². The number of methoxy groups -OCH3 is 1. The normalized spacial score (nSPS) is 43.9. The molecule has 32 heavy (non-hydrogen) atoms. The lowest BCUT2D eigenvalue weighted by Crippen LogP contribution is -2.54. The smallest absolute Gasteiger partial charge is 0.157 e. The van der Waals surface area contributed by atoms with Crippen LogP contribution in [-0.2, 0) is 9.53 Å². The van der Waals surface area contributed by atoms with Gasteiger partial charge in [0.2, 0.25) is 0 Å². The molecule has 0 aromatic heterocycles. The predicted molar refractivity (Wildman–Crippen MR) is 127 cm³/mol. The summed E-state index contributed by atoms with van der Waals surface area (Å²) < 4.78 is 5.49. The number of allylic oxidation sites excluding steroid dienone is 1. The molecular weight excluding hydrogens is 398 g/mol. The third kappa shape index (κ3) is 3.94. The van der Waals surface area contributed by atoms with Gasteiger partial charge in [0, 0.05) is 32.0 Å². The number of carbonyl (C=O) groups is 1. The molecule has 4 rings (SSSR count).